The summed E-state index contributed by atoms with van der Waals surface area (Å²) in [7, 11) is 2.51. The number of nitrogens with one attached hydrogen (secondary N) is 4. The van der Waals surface area contributed by atoms with Crippen molar-refractivity contribution >= 4 is 35.0 Å². The fraction of sp³-hybridized carbons (Fsp3) is 0.333. The first-order valence-electron chi connectivity index (χ1n) is 20.2. The van der Waals surface area contributed by atoms with Gasteiger partial charge in [0.1, 0.15) is 40.9 Å². The van der Waals surface area contributed by atoms with E-state index in [1.807, 2.05) is 57.2 Å². The lowest BCUT2D eigenvalue weighted by Gasteiger charge is -2.28. The molecule has 4 amide bonds. The minimum atomic E-state index is -0.922. The van der Waals surface area contributed by atoms with Gasteiger partial charge in [0.2, 0.25) is 5.91 Å². The normalized spacial score (nSPS) is 14.8. The van der Waals surface area contributed by atoms with Crippen LogP contribution in [0, 0.1) is 11.7 Å². The molecule has 0 aliphatic carbocycles. The van der Waals surface area contributed by atoms with Crippen molar-refractivity contribution in [3.63, 3.8) is 0 Å². The number of hydrogen-bond donors (Lipinski definition) is 4. The van der Waals surface area contributed by atoms with Crippen molar-refractivity contribution in [3.8, 4) is 33.8 Å². The number of imidazole rings is 2. The van der Waals surface area contributed by atoms with Crippen LogP contribution >= 0.6 is 0 Å². The van der Waals surface area contributed by atoms with Gasteiger partial charge in [-0.25, -0.2) is 23.9 Å². The van der Waals surface area contributed by atoms with Crippen molar-refractivity contribution in [2.75, 3.05) is 27.3 Å². The van der Waals surface area contributed by atoms with Gasteiger partial charge in [-0.3, -0.25) is 9.59 Å². The van der Waals surface area contributed by atoms with Crippen LogP contribution in [-0.4, -0.2) is 87.1 Å². The molecule has 0 saturated carbocycles. The van der Waals surface area contributed by atoms with Crippen LogP contribution in [0.2, 0.25) is 0 Å². The summed E-state index contributed by atoms with van der Waals surface area (Å²) in [4.78, 5) is 70.8. The minimum Gasteiger partial charge on any atom is -0.456 e. The number of carbonyl (C=O) groups is 4. The number of nitrogens with zero attached hydrogens (tertiary/aromatic N) is 4. The average molecular weight is 833 g/mol. The molecule has 1 fully saturated rings. The summed E-state index contributed by atoms with van der Waals surface area (Å²) in [6, 6.07) is 19.3. The third-order valence-electron chi connectivity index (χ3n) is 10.8. The van der Waals surface area contributed by atoms with E-state index in [1.165, 1.54) is 20.3 Å². The Morgan fingerprint density at radius 2 is 1.74 bits per heavy atom. The number of halogens is 1. The number of carbonyl (C=O) groups excluding carboxylic acids is 4. The second-order valence-electron chi connectivity index (χ2n) is 15.3. The molecule has 7 rings (SSSR count). The molecule has 0 spiro atoms. The lowest BCUT2D eigenvalue weighted by molar-refractivity contribution is -0.135. The number of alkyl carbamates (subject to hydrolysis) is 2. The molecular formula is C45H49FN8O7. The molecule has 61 heavy (non-hydrogen) atoms. The predicted octanol–water partition coefficient (Wildman–Crippen LogP) is 7.90. The molecule has 6 aromatic rings. The van der Waals surface area contributed by atoms with Gasteiger partial charge >= 0.3 is 12.2 Å². The van der Waals surface area contributed by atoms with Crippen molar-refractivity contribution in [1.82, 2.24) is 40.4 Å². The summed E-state index contributed by atoms with van der Waals surface area (Å²) in [6.45, 7) is 6.78. The molecule has 3 atom stereocenters. The summed E-state index contributed by atoms with van der Waals surface area (Å²) in [5.74, 6) is 0.314. The number of furan rings is 1. The molecule has 318 valence electrons. The Morgan fingerprint density at radius 1 is 0.984 bits per heavy atom. The van der Waals surface area contributed by atoms with Gasteiger partial charge < -0.3 is 44.3 Å². The Bertz CT molecular complexity index is 2510. The molecule has 16 heteroatoms. The molecule has 4 N–H and O–H groups in total. The molecule has 1 aliphatic rings. The number of H-pyrrole nitrogens is 2. The lowest BCUT2D eigenvalue weighted by atomic mass is 10.0. The number of fused-ring (bicyclic) bond motifs is 1. The van der Waals surface area contributed by atoms with Gasteiger partial charge in [0.25, 0.3) is 5.91 Å². The summed E-state index contributed by atoms with van der Waals surface area (Å²) in [5.41, 5.74) is 4.10. The minimum absolute atomic E-state index is 0.171. The quantitative estimate of drug-likeness (QED) is 0.0846. The van der Waals surface area contributed by atoms with Crippen molar-refractivity contribution in [2.24, 2.45) is 5.92 Å². The molecule has 15 nitrogen and oxygen atoms in total. The zero-order chi connectivity index (χ0) is 43.2. The van der Waals surface area contributed by atoms with Crippen LogP contribution in [0.4, 0.5) is 14.0 Å². The largest absolute Gasteiger partial charge is 0.456 e. The van der Waals surface area contributed by atoms with Crippen molar-refractivity contribution in [3.05, 3.63) is 108 Å². The van der Waals surface area contributed by atoms with E-state index < -0.39 is 30.1 Å². The average Bonchev–Trinajstić information content (AvgIpc) is 4.11. The Morgan fingerprint density at radius 3 is 2.46 bits per heavy atom. The molecule has 4 heterocycles. The Kier molecular flexibility index (Phi) is 12.8. The van der Waals surface area contributed by atoms with Crippen LogP contribution in [0.15, 0.2) is 89.6 Å². The van der Waals surface area contributed by atoms with Gasteiger partial charge in [0, 0.05) is 35.8 Å². The van der Waals surface area contributed by atoms with E-state index in [0.717, 1.165) is 23.1 Å². The van der Waals surface area contributed by atoms with Crippen molar-refractivity contribution < 1.29 is 37.5 Å². The second-order valence-corrected chi connectivity index (χ2v) is 15.3. The zero-order valence-corrected chi connectivity index (χ0v) is 34.7. The molecule has 0 radical (unpaired) electrons. The monoisotopic (exact) mass is 832 g/mol. The number of methoxy groups -OCH3 is 2. The highest BCUT2D eigenvalue weighted by Crippen LogP contribution is 2.36. The summed E-state index contributed by atoms with van der Waals surface area (Å²) in [6.07, 6.45) is 4.18. The van der Waals surface area contributed by atoms with Gasteiger partial charge in [-0.2, -0.15) is 0 Å². The van der Waals surface area contributed by atoms with E-state index >= 15 is 4.39 Å². The number of ether oxygens (including phenoxy) is 2. The van der Waals surface area contributed by atoms with Crippen LogP contribution in [0.25, 0.3) is 44.8 Å². The maximum absolute atomic E-state index is 15.8. The van der Waals surface area contributed by atoms with Crippen LogP contribution in [0.3, 0.4) is 0 Å². The highest BCUT2D eigenvalue weighted by Gasteiger charge is 2.37. The Balaban J connectivity index is 1.05. The van der Waals surface area contributed by atoms with E-state index in [9.17, 15) is 19.2 Å². The standard InChI is InChI=1S/C45H49FN8O7/c1-6-18-53(42(55)39(26(2)3)51-44(57)59-4)25-38-47-23-33(49-38)29-14-16-31(32(46)21-29)37-22-30-20-28(15-17-36(30)61-37)34-24-48-41(50-34)35-13-10-19-54(35)43(56)40(52-45(58)60-5)27-11-8-7-9-12-27/h7-9,11-12,14-17,20-24,26,35,39-40H,6,10,13,18-19,25H2,1-5H3,(H,47,49)(H,48,50)(H,51,57)(H,52,58)/t35-,39-,40+/m0/s1. The SMILES string of the molecule is CCCN(Cc1nc(-c2ccc(-c3cc4cc(-c5cnc([C@@H]6CCCN6C(=O)[C@H](NC(=O)OC)c6ccccc6)[nH]5)ccc4o3)c(F)c2)c[nH]1)C(=O)[C@@H](NC(=O)OC)C(C)C. The van der Waals surface area contributed by atoms with Gasteiger partial charge in [0.15, 0.2) is 0 Å². The van der Waals surface area contributed by atoms with Crippen molar-refractivity contribution in [2.45, 2.75) is 64.7 Å². The van der Waals surface area contributed by atoms with Crippen LogP contribution in [-0.2, 0) is 25.6 Å². The van der Waals surface area contributed by atoms with Crippen LogP contribution < -0.4 is 10.6 Å². The number of hydrogen-bond acceptors (Lipinski definition) is 9. The Labute approximate surface area is 352 Å². The molecule has 3 aromatic heterocycles. The van der Waals surface area contributed by atoms with Gasteiger partial charge in [-0.05, 0) is 67.1 Å². The molecular weight excluding hydrogens is 784 g/mol. The predicted molar refractivity (Wildman–Crippen MR) is 225 cm³/mol. The molecule has 1 saturated heterocycles. The smallest absolute Gasteiger partial charge is 0.407 e. The highest BCUT2D eigenvalue weighted by molar-refractivity contribution is 5.89. The zero-order valence-electron chi connectivity index (χ0n) is 34.7. The molecule has 0 unspecified atom stereocenters. The number of amides is 4. The summed E-state index contributed by atoms with van der Waals surface area (Å²) in [5, 5.41) is 6.08. The second kappa shape index (κ2) is 18.5. The topological polar surface area (TPSA) is 188 Å². The van der Waals surface area contributed by atoms with E-state index in [4.69, 9.17) is 13.9 Å². The Hall–Kier alpha value is -6.97. The summed E-state index contributed by atoms with van der Waals surface area (Å²) < 4.78 is 31.5. The third-order valence-corrected chi connectivity index (χ3v) is 10.8. The van der Waals surface area contributed by atoms with E-state index in [1.54, 1.807) is 52.5 Å². The lowest BCUT2D eigenvalue weighted by Crippen LogP contribution is -2.51. The van der Waals surface area contributed by atoms with Crippen molar-refractivity contribution in [1.29, 1.82) is 0 Å². The van der Waals surface area contributed by atoms with E-state index in [0.29, 0.717) is 65.7 Å². The number of rotatable bonds is 14. The first-order chi connectivity index (χ1) is 29.5. The van der Waals surface area contributed by atoms with E-state index in [-0.39, 0.29) is 35.9 Å². The fourth-order valence-corrected chi connectivity index (χ4v) is 7.67. The maximum Gasteiger partial charge on any atom is 0.407 e. The maximum atomic E-state index is 15.8. The fourth-order valence-electron chi connectivity index (χ4n) is 7.67. The highest BCUT2D eigenvalue weighted by atomic mass is 19.1. The molecule has 0 bridgehead atoms. The molecule has 3 aromatic carbocycles. The number of aromatic amines is 2. The van der Waals surface area contributed by atoms with Crippen LogP contribution in [0.5, 0.6) is 0 Å². The van der Waals surface area contributed by atoms with Gasteiger partial charge in [-0.15, -0.1) is 0 Å². The first-order valence-corrected chi connectivity index (χ1v) is 20.2. The number of benzene rings is 3. The molecule has 1 aliphatic heterocycles. The van der Waals surface area contributed by atoms with E-state index in [2.05, 4.69) is 30.6 Å². The summed E-state index contributed by atoms with van der Waals surface area (Å²) >= 11 is 0. The first kappa shape index (κ1) is 42.2. The van der Waals surface area contributed by atoms with Crippen LogP contribution in [0.1, 0.15) is 69.3 Å². The number of aromatic nitrogens is 4. The third kappa shape index (κ3) is 9.27. The number of likely N-dealkylation sites (tertiary alicyclic amines) is 1. The van der Waals surface area contributed by atoms with Gasteiger partial charge in [0.05, 0.1) is 50.0 Å². The van der Waals surface area contributed by atoms with Gasteiger partial charge in [-0.1, -0.05) is 57.2 Å².